The number of aryl methyl sites for hydroxylation is 1. The summed E-state index contributed by atoms with van der Waals surface area (Å²) in [6, 6.07) is 9.83. The highest BCUT2D eigenvalue weighted by atomic mass is 16.5. The first-order valence-corrected chi connectivity index (χ1v) is 6.00. The summed E-state index contributed by atoms with van der Waals surface area (Å²) in [5, 5.41) is 0. The molecule has 0 unspecified atom stereocenters. The number of aromatic nitrogens is 2. The Bertz CT molecular complexity index is 523. The fraction of sp³-hybridized carbons (Fsp3) is 0.286. The van der Waals surface area contributed by atoms with E-state index in [1.54, 1.807) is 0 Å². The highest BCUT2D eigenvalue weighted by Gasteiger charge is 2.04. The van der Waals surface area contributed by atoms with Crippen molar-refractivity contribution >= 4 is 0 Å². The summed E-state index contributed by atoms with van der Waals surface area (Å²) < 4.78 is 5.41. The zero-order valence-corrected chi connectivity index (χ0v) is 10.7. The van der Waals surface area contributed by atoms with E-state index in [1.807, 2.05) is 44.2 Å². The van der Waals surface area contributed by atoms with Crippen LogP contribution in [0.2, 0.25) is 0 Å². The van der Waals surface area contributed by atoms with Gasteiger partial charge in [0.15, 0.2) is 0 Å². The van der Waals surface area contributed by atoms with Crippen LogP contribution < -0.4 is 10.5 Å². The summed E-state index contributed by atoms with van der Waals surface area (Å²) in [6.45, 7) is 4.93. The Morgan fingerprint density at radius 1 is 1.17 bits per heavy atom. The van der Waals surface area contributed by atoms with Gasteiger partial charge in [0.05, 0.1) is 18.8 Å². The third-order valence-corrected chi connectivity index (χ3v) is 2.54. The van der Waals surface area contributed by atoms with Crippen LogP contribution in [-0.4, -0.2) is 16.6 Å². The monoisotopic (exact) mass is 243 g/mol. The van der Waals surface area contributed by atoms with Gasteiger partial charge in [0, 0.05) is 11.3 Å². The molecular weight excluding hydrogens is 226 g/mol. The van der Waals surface area contributed by atoms with E-state index in [4.69, 9.17) is 10.5 Å². The highest BCUT2D eigenvalue weighted by Crippen LogP contribution is 2.21. The predicted octanol–water partition coefficient (Wildman–Crippen LogP) is 2.31. The van der Waals surface area contributed by atoms with Gasteiger partial charge < -0.3 is 10.5 Å². The van der Waals surface area contributed by atoms with Crippen LogP contribution in [0.1, 0.15) is 18.4 Å². The van der Waals surface area contributed by atoms with E-state index in [0.717, 1.165) is 22.7 Å². The summed E-state index contributed by atoms with van der Waals surface area (Å²) in [6.07, 6.45) is 0. The molecule has 1 aromatic heterocycles. The van der Waals surface area contributed by atoms with E-state index in [9.17, 15) is 0 Å². The van der Waals surface area contributed by atoms with Gasteiger partial charge in [0.1, 0.15) is 11.6 Å². The lowest BCUT2D eigenvalue weighted by Crippen LogP contribution is -2.05. The Hall–Kier alpha value is -1.94. The Kier molecular flexibility index (Phi) is 3.89. The van der Waals surface area contributed by atoms with E-state index in [1.165, 1.54) is 0 Å². The second kappa shape index (κ2) is 5.60. The lowest BCUT2D eigenvalue weighted by Gasteiger charge is -2.06. The van der Waals surface area contributed by atoms with Crippen LogP contribution in [0, 0.1) is 6.92 Å². The van der Waals surface area contributed by atoms with E-state index in [-0.39, 0.29) is 0 Å². The maximum Gasteiger partial charge on any atom is 0.142 e. The molecule has 2 aromatic rings. The number of nitrogens with two attached hydrogens (primary N) is 1. The number of hydrogen-bond donors (Lipinski definition) is 1. The second-order valence-corrected chi connectivity index (χ2v) is 3.97. The Balaban J connectivity index is 2.33. The summed E-state index contributed by atoms with van der Waals surface area (Å²) >= 11 is 0. The SMILES string of the molecule is CCOc1ccc(-c2cc(C)nc(CN)n2)cc1. The standard InChI is InChI=1S/C14H17N3O/c1-3-18-12-6-4-11(5-7-12)13-8-10(2)16-14(9-15)17-13/h4-8H,3,9,15H2,1-2H3. The number of hydrogen-bond acceptors (Lipinski definition) is 4. The fourth-order valence-corrected chi connectivity index (χ4v) is 1.76. The molecule has 2 N–H and O–H groups in total. The van der Waals surface area contributed by atoms with Gasteiger partial charge in [0.25, 0.3) is 0 Å². The van der Waals surface area contributed by atoms with Crippen molar-refractivity contribution in [2.45, 2.75) is 20.4 Å². The molecule has 94 valence electrons. The minimum absolute atomic E-state index is 0.353. The number of ether oxygens (including phenoxy) is 1. The van der Waals surface area contributed by atoms with E-state index < -0.39 is 0 Å². The number of benzene rings is 1. The van der Waals surface area contributed by atoms with E-state index >= 15 is 0 Å². The summed E-state index contributed by atoms with van der Waals surface area (Å²) in [5.74, 6) is 1.53. The third-order valence-electron chi connectivity index (χ3n) is 2.54. The van der Waals surface area contributed by atoms with Gasteiger partial charge in [-0.1, -0.05) is 0 Å². The van der Waals surface area contributed by atoms with Crippen LogP contribution in [-0.2, 0) is 6.54 Å². The molecule has 0 saturated heterocycles. The topological polar surface area (TPSA) is 61.0 Å². The van der Waals surface area contributed by atoms with E-state index in [2.05, 4.69) is 9.97 Å². The van der Waals surface area contributed by atoms with Gasteiger partial charge in [-0.2, -0.15) is 0 Å². The maximum absolute atomic E-state index is 5.58. The van der Waals surface area contributed by atoms with Crippen molar-refractivity contribution in [3.8, 4) is 17.0 Å². The first-order valence-electron chi connectivity index (χ1n) is 6.00. The third kappa shape index (κ3) is 2.84. The average Bonchev–Trinajstić information content (AvgIpc) is 2.39. The van der Waals surface area contributed by atoms with Gasteiger partial charge in [-0.25, -0.2) is 9.97 Å². The first-order chi connectivity index (χ1) is 8.72. The number of nitrogens with zero attached hydrogens (tertiary/aromatic N) is 2. The van der Waals surface area contributed by atoms with Crippen LogP contribution in [0.25, 0.3) is 11.3 Å². The Morgan fingerprint density at radius 2 is 1.89 bits per heavy atom. The molecule has 4 nitrogen and oxygen atoms in total. The van der Waals surface area contributed by atoms with Gasteiger partial charge in [-0.05, 0) is 44.2 Å². The van der Waals surface area contributed by atoms with Gasteiger partial charge >= 0.3 is 0 Å². The van der Waals surface area contributed by atoms with Crippen molar-refractivity contribution in [2.24, 2.45) is 5.73 Å². The highest BCUT2D eigenvalue weighted by molar-refractivity contribution is 5.60. The fourth-order valence-electron chi connectivity index (χ4n) is 1.76. The quantitative estimate of drug-likeness (QED) is 0.895. The molecule has 0 radical (unpaired) electrons. The normalized spacial score (nSPS) is 10.4. The predicted molar refractivity (Wildman–Crippen MR) is 71.3 cm³/mol. The molecule has 0 saturated carbocycles. The molecule has 1 aromatic carbocycles. The molecule has 2 rings (SSSR count). The number of rotatable bonds is 4. The first kappa shape index (κ1) is 12.5. The van der Waals surface area contributed by atoms with Crippen molar-refractivity contribution < 1.29 is 4.74 Å². The van der Waals surface area contributed by atoms with Crippen LogP contribution in [0.15, 0.2) is 30.3 Å². The zero-order valence-electron chi connectivity index (χ0n) is 10.7. The van der Waals surface area contributed by atoms with Gasteiger partial charge in [-0.15, -0.1) is 0 Å². The van der Waals surface area contributed by atoms with Gasteiger partial charge in [0.2, 0.25) is 0 Å². The van der Waals surface area contributed by atoms with Gasteiger partial charge in [-0.3, -0.25) is 0 Å². The Labute approximate surface area is 107 Å². The zero-order chi connectivity index (χ0) is 13.0. The van der Waals surface area contributed by atoms with Crippen LogP contribution in [0.3, 0.4) is 0 Å². The molecule has 1 heterocycles. The second-order valence-electron chi connectivity index (χ2n) is 3.97. The molecule has 18 heavy (non-hydrogen) atoms. The van der Waals surface area contributed by atoms with Crippen LogP contribution in [0.4, 0.5) is 0 Å². The summed E-state index contributed by atoms with van der Waals surface area (Å²) in [5.41, 5.74) is 8.44. The van der Waals surface area contributed by atoms with E-state index in [0.29, 0.717) is 19.0 Å². The van der Waals surface area contributed by atoms with Crippen molar-refractivity contribution in [1.29, 1.82) is 0 Å². The largest absolute Gasteiger partial charge is 0.494 e. The van der Waals surface area contributed by atoms with Crippen molar-refractivity contribution in [2.75, 3.05) is 6.61 Å². The molecule has 0 atom stereocenters. The minimum Gasteiger partial charge on any atom is -0.494 e. The summed E-state index contributed by atoms with van der Waals surface area (Å²) in [7, 11) is 0. The Morgan fingerprint density at radius 3 is 2.50 bits per heavy atom. The van der Waals surface area contributed by atoms with Crippen LogP contribution >= 0.6 is 0 Å². The molecule has 0 aliphatic rings. The van der Waals surface area contributed by atoms with Crippen molar-refractivity contribution in [3.05, 3.63) is 41.9 Å². The van der Waals surface area contributed by atoms with Crippen molar-refractivity contribution in [1.82, 2.24) is 9.97 Å². The molecule has 0 aliphatic carbocycles. The van der Waals surface area contributed by atoms with Crippen molar-refractivity contribution in [3.63, 3.8) is 0 Å². The molecule has 0 amide bonds. The molecule has 0 fully saturated rings. The maximum atomic E-state index is 5.58. The lowest BCUT2D eigenvalue weighted by molar-refractivity contribution is 0.340. The smallest absolute Gasteiger partial charge is 0.142 e. The lowest BCUT2D eigenvalue weighted by atomic mass is 10.1. The molecule has 4 heteroatoms. The molecular formula is C14H17N3O. The molecule has 0 bridgehead atoms. The molecule has 0 spiro atoms. The summed E-state index contributed by atoms with van der Waals surface area (Å²) in [4.78, 5) is 8.69. The average molecular weight is 243 g/mol. The van der Waals surface area contributed by atoms with Crippen LogP contribution in [0.5, 0.6) is 5.75 Å². The molecule has 0 aliphatic heterocycles. The minimum atomic E-state index is 0.353.